The van der Waals surface area contributed by atoms with E-state index in [9.17, 15) is 24.4 Å². The Morgan fingerprint density at radius 1 is 0.967 bits per heavy atom. The number of ether oxygens (including phenoxy) is 2. The van der Waals surface area contributed by atoms with Crippen molar-refractivity contribution in [1.29, 1.82) is 5.26 Å². The summed E-state index contributed by atoms with van der Waals surface area (Å²) < 4.78 is 11.2. The second kappa shape index (κ2) is 6.31. The minimum Gasteiger partial charge on any atom is -0.465 e. The molecule has 2 amide bonds. The monoisotopic (exact) mass is 406 g/mol. The molecule has 0 aromatic carbocycles. The zero-order chi connectivity index (χ0) is 21.9. The summed E-state index contributed by atoms with van der Waals surface area (Å²) in [6, 6.07) is 6.24. The third-order valence-electron chi connectivity index (χ3n) is 5.10. The first-order valence-corrected chi connectivity index (χ1v) is 8.60. The Hall–Kier alpha value is -4.39. The number of imide groups is 1. The van der Waals surface area contributed by atoms with Crippen molar-refractivity contribution in [3.63, 3.8) is 0 Å². The number of likely N-dealkylation sites (N-methyl/N-ethyl adjacent to an activating group) is 1. The summed E-state index contributed by atoms with van der Waals surface area (Å²) in [6.07, 6.45) is 0. The number of anilines is 1. The van der Waals surface area contributed by atoms with Gasteiger partial charge in [0.05, 0.1) is 36.3 Å². The SMILES string of the molecule is COC(=O)c1c(C(=O)OC)c2cc(C3=C(C#N)C(=O)N(C)C3=O)c3cc(N)cc1n32. The van der Waals surface area contributed by atoms with Gasteiger partial charge in [-0.25, -0.2) is 9.59 Å². The summed E-state index contributed by atoms with van der Waals surface area (Å²) in [5.41, 5.74) is 6.83. The van der Waals surface area contributed by atoms with Gasteiger partial charge in [0.25, 0.3) is 11.8 Å². The first kappa shape index (κ1) is 18.9. The van der Waals surface area contributed by atoms with Crippen LogP contribution < -0.4 is 5.73 Å². The number of nitrogens with zero attached hydrogens (tertiary/aromatic N) is 3. The van der Waals surface area contributed by atoms with E-state index in [0.29, 0.717) is 5.52 Å². The zero-order valence-electron chi connectivity index (χ0n) is 16.1. The van der Waals surface area contributed by atoms with Gasteiger partial charge in [-0.2, -0.15) is 5.26 Å². The standard InChI is InChI=1S/C20H14N4O6/c1-23-17(25)10(7-21)14(18(23)26)9-6-13-16(20(28)30-3)15(19(27)29-2)12-5-8(22)4-11(9)24(12)13/h4-6H,22H2,1-3H3. The van der Waals surface area contributed by atoms with E-state index in [1.165, 1.54) is 32.4 Å². The second-order valence-corrected chi connectivity index (χ2v) is 6.60. The number of carbonyl (C=O) groups excluding carboxylic acids is 4. The van der Waals surface area contributed by atoms with Crippen LogP contribution in [0, 0.1) is 11.3 Å². The maximum absolute atomic E-state index is 12.7. The van der Waals surface area contributed by atoms with Gasteiger partial charge in [0, 0.05) is 18.3 Å². The average Bonchev–Trinajstić information content (AvgIpc) is 3.32. The lowest BCUT2D eigenvalue weighted by molar-refractivity contribution is -0.135. The number of nitriles is 1. The molecule has 10 heteroatoms. The summed E-state index contributed by atoms with van der Waals surface area (Å²) >= 11 is 0. The van der Waals surface area contributed by atoms with Crippen LogP contribution in [0.15, 0.2) is 23.8 Å². The van der Waals surface area contributed by atoms with Crippen LogP contribution in [-0.4, -0.2) is 54.3 Å². The molecule has 0 saturated carbocycles. The second-order valence-electron chi connectivity index (χ2n) is 6.60. The molecule has 0 spiro atoms. The van der Waals surface area contributed by atoms with Crippen molar-refractivity contribution >= 4 is 51.6 Å². The summed E-state index contributed by atoms with van der Waals surface area (Å²) in [6.45, 7) is 0. The minimum atomic E-state index is -0.795. The third kappa shape index (κ3) is 2.23. The fourth-order valence-electron chi connectivity index (χ4n) is 3.79. The summed E-state index contributed by atoms with van der Waals surface area (Å²) in [4.78, 5) is 50.8. The van der Waals surface area contributed by atoms with Crippen molar-refractivity contribution in [2.24, 2.45) is 0 Å². The number of methoxy groups -OCH3 is 2. The Morgan fingerprint density at radius 3 is 2.03 bits per heavy atom. The molecule has 0 fully saturated rings. The summed E-state index contributed by atoms with van der Waals surface area (Å²) in [7, 11) is 3.61. The smallest absolute Gasteiger partial charge is 0.340 e. The van der Waals surface area contributed by atoms with Gasteiger partial charge >= 0.3 is 11.9 Å². The topological polar surface area (TPSA) is 144 Å². The number of pyridine rings is 1. The van der Waals surface area contributed by atoms with E-state index in [4.69, 9.17) is 15.2 Å². The van der Waals surface area contributed by atoms with E-state index >= 15 is 0 Å². The average molecular weight is 406 g/mol. The van der Waals surface area contributed by atoms with Crippen molar-refractivity contribution in [1.82, 2.24) is 9.30 Å². The summed E-state index contributed by atoms with van der Waals surface area (Å²) in [5.74, 6) is -2.94. The number of nitrogens with two attached hydrogens (primary N) is 1. The summed E-state index contributed by atoms with van der Waals surface area (Å²) in [5, 5.41) is 9.45. The number of hydrogen-bond acceptors (Lipinski definition) is 8. The van der Waals surface area contributed by atoms with Crippen molar-refractivity contribution in [2.75, 3.05) is 27.0 Å². The lowest BCUT2D eigenvalue weighted by Crippen LogP contribution is -2.26. The van der Waals surface area contributed by atoms with Crippen molar-refractivity contribution in [3.8, 4) is 6.07 Å². The van der Waals surface area contributed by atoms with E-state index in [1.807, 2.05) is 0 Å². The molecule has 0 aliphatic carbocycles. The molecule has 1 aliphatic rings. The normalized spacial score (nSPS) is 14.1. The van der Waals surface area contributed by atoms with Crippen LogP contribution in [0.4, 0.5) is 5.69 Å². The van der Waals surface area contributed by atoms with Gasteiger partial charge in [0.1, 0.15) is 22.8 Å². The number of aromatic nitrogens is 1. The highest BCUT2D eigenvalue weighted by molar-refractivity contribution is 6.38. The molecule has 2 N–H and O–H groups in total. The van der Waals surface area contributed by atoms with Gasteiger partial charge in [-0.05, 0) is 18.2 Å². The number of amides is 2. The molecule has 1 aliphatic heterocycles. The highest BCUT2D eigenvalue weighted by Crippen LogP contribution is 2.39. The molecule has 0 bridgehead atoms. The maximum atomic E-state index is 12.7. The highest BCUT2D eigenvalue weighted by atomic mass is 16.5. The predicted octanol–water partition coefficient (Wildman–Crippen LogP) is 0.961. The zero-order valence-corrected chi connectivity index (χ0v) is 16.1. The molecule has 0 saturated heterocycles. The number of carbonyl (C=O) groups is 4. The van der Waals surface area contributed by atoms with Crippen molar-refractivity contribution in [3.05, 3.63) is 40.5 Å². The molecule has 150 valence electrons. The molecule has 30 heavy (non-hydrogen) atoms. The van der Waals surface area contributed by atoms with E-state index in [1.54, 1.807) is 10.5 Å². The minimum absolute atomic E-state index is 0.0383. The van der Waals surface area contributed by atoms with E-state index < -0.39 is 23.8 Å². The largest absolute Gasteiger partial charge is 0.465 e. The van der Waals surface area contributed by atoms with Gasteiger partial charge in [-0.15, -0.1) is 0 Å². The van der Waals surface area contributed by atoms with Gasteiger partial charge < -0.3 is 19.6 Å². The Kier molecular flexibility index (Phi) is 3.99. The Morgan fingerprint density at radius 2 is 1.50 bits per heavy atom. The van der Waals surface area contributed by atoms with Crippen LogP contribution in [0.3, 0.4) is 0 Å². The van der Waals surface area contributed by atoms with Gasteiger partial charge in [-0.3, -0.25) is 14.5 Å². The molecular weight excluding hydrogens is 392 g/mol. The van der Waals surface area contributed by atoms with Crippen LogP contribution in [0.1, 0.15) is 26.3 Å². The number of nitrogen functional groups attached to an aromatic ring is 1. The number of rotatable bonds is 3. The van der Waals surface area contributed by atoms with E-state index in [-0.39, 0.29) is 44.6 Å². The first-order valence-electron chi connectivity index (χ1n) is 8.60. The fourth-order valence-corrected chi connectivity index (χ4v) is 3.79. The van der Waals surface area contributed by atoms with Gasteiger partial charge in [0.2, 0.25) is 0 Å². The molecule has 0 atom stereocenters. The van der Waals surface area contributed by atoms with Crippen molar-refractivity contribution < 1.29 is 28.7 Å². The number of esters is 2. The first-order chi connectivity index (χ1) is 14.3. The molecule has 4 rings (SSSR count). The third-order valence-corrected chi connectivity index (χ3v) is 5.10. The molecule has 4 heterocycles. The predicted molar refractivity (Wildman–Crippen MR) is 103 cm³/mol. The molecule has 0 radical (unpaired) electrons. The quantitative estimate of drug-likeness (QED) is 0.500. The van der Waals surface area contributed by atoms with Crippen LogP contribution in [0.25, 0.3) is 22.1 Å². The molecule has 10 nitrogen and oxygen atoms in total. The fraction of sp³-hybridized carbons (Fsp3) is 0.150. The maximum Gasteiger partial charge on any atom is 0.340 e. The molecule has 0 unspecified atom stereocenters. The van der Waals surface area contributed by atoms with Gasteiger partial charge in [0.15, 0.2) is 0 Å². The molecule has 3 aromatic rings. The Bertz CT molecular complexity index is 1370. The highest BCUT2D eigenvalue weighted by Gasteiger charge is 2.39. The van der Waals surface area contributed by atoms with Crippen LogP contribution in [-0.2, 0) is 19.1 Å². The van der Waals surface area contributed by atoms with Crippen LogP contribution in [0.2, 0.25) is 0 Å². The van der Waals surface area contributed by atoms with Crippen LogP contribution in [0.5, 0.6) is 0 Å². The van der Waals surface area contributed by atoms with Gasteiger partial charge in [-0.1, -0.05) is 0 Å². The lowest BCUT2D eigenvalue weighted by atomic mass is 10.0. The Balaban J connectivity index is 2.19. The van der Waals surface area contributed by atoms with Crippen molar-refractivity contribution in [2.45, 2.75) is 0 Å². The number of hydrogen-bond donors (Lipinski definition) is 1. The van der Waals surface area contributed by atoms with E-state index in [0.717, 1.165) is 12.0 Å². The van der Waals surface area contributed by atoms with Crippen LogP contribution >= 0.6 is 0 Å². The van der Waals surface area contributed by atoms with E-state index in [2.05, 4.69) is 0 Å². The lowest BCUT2D eigenvalue weighted by Gasteiger charge is -2.07. The Labute approximate surface area is 169 Å². The molecule has 3 aromatic heterocycles. The molecular formula is C20H14N4O6.